The van der Waals surface area contributed by atoms with Gasteiger partial charge in [0.15, 0.2) is 0 Å². The summed E-state index contributed by atoms with van der Waals surface area (Å²) in [6.45, 7) is 0. The zero-order chi connectivity index (χ0) is 0. The molecule has 0 unspecified atom stereocenters. The van der Waals surface area contributed by atoms with Gasteiger partial charge in [0.1, 0.15) is 0 Å². The monoisotopic (exact) mass is 550 g/mol. The second-order valence-corrected chi connectivity index (χ2v) is 0. The Morgan fingerprint density at radius 1 is 1.00 bits per heavy atom. The summed E-state index contributed by atoms with van der Waals surface area (Å²) in [5.74, 6) is 0. The molecule has 0 bridgehead atoms. The first kappa shape index (κ1) is 26.5. The SMILES string of the molecule is [Ag+].[In+3].[Pb+2].[Sn+4]. The number of rotatable bonds is 0. The van der Waals surface area contributed by atoms with Gasteiger partial charge >= 0.3 is 99.4 Å². The molecule has 0 aromatic carbocycles. The van der Waals surface area contributed by atoms with Crippen LogP contribution in [0.15, 0.2) is 0 Å². The summed E-state index contributed by atoms with van der Waals surface area (Å²) in [4.78, 5) is 0. The maximum atomic E-state index is 0. The molecule has 0 N–H and O–H groups in total. The second kappa shape index (κ2) is 16.2. The van der Waals surface area contributed by atoms with Crippen LogP contribution in [0.1, 0.15) is 0 Å². The standard InChI is InChI=1S/Ag.In.Pb.Sn/q+1;+3;+2;+4. The van der Waals surface area contributed by atoms with Gasteiger partial charge < -0.3 is 0 Å². The Labute approximate surface area is 97.3 Å². The van der Waals surface area contributed by atoms with E-state index in [9.17, 15) is 0 Å². The van der Waals surface area contributed by atoms with Crippen molar-refractivity contribution in [2.45, 2.75) is 0 Å². The molecule has 0 amide bonds. The third-order valence-electron chi connectivity index (χ3n) is 0. The average Bonchev–Trinajstić information content (AvgIpc) is 0. The minimum Gasteiger partial charge on any atom is 1.00 e. The van der Waals surface area contributed by atoms with E-state index < -0.39 is 0 Å². The third-order valence-corrected chi connectivity index (χ3v) is 0. The van der Waals surface area contributed by atoms with Gasteiger partial charge in [0.05, 0.1) is 0 Å². The summed E-state index contributed by atoms with van der Waals surface area (Å²) in [5.41, 5.74) is 0. The minimum atomic E-state index is 0. The normalized spacial score (nSPS) is 0. The van der Waals surface area contributed by atoms with E-state index in [0.29, 0.717) is 0 Å². The molecule has 0 aliphatic heterocycles. The van der Waals surface area contributed by atoms with Crippen molar-refractivity contribution >= 4 is 77.0 Å². The molecule has 0 fully saturated rings. The van der Waals surface area contributed by atoms with Gasteiger partial charge in [-0.1, -0.05) is 0 Å². The molecule has 0 nitrogen and oxygen atoms in total. The molecule has 4 heavy (non-hydrogen) atoms. The van der Waals surface area contributed by atoms with E-state index in [-0.39, 0.29) is 99.4 Å². The molecule has 0 heterocycles. The Kier molecular flexibility index (Phi) is 107. The van der Waals surface area contributed by atoms with E-state index >= 15 is 0 Å². The van der Waals surface area contributed by atoms with Crippen LogP contribution in [-0.4, -0.2) is 77.0 Å². The van der Waals surface area contributed by atoms with Crippen molar-refractivity contribution in [3.8, 4) is 0 Å². The van der Waals surface area contributed by atoms with Gasteiger partial charge in [0.25, 0.3) is 0 Å². The van der Waals surface area contributed by atoms with Crippen molar-refractivity contribution in [1.29, 1.82) is 0 Å². The van der Waals surface area contributed by atoms with Crippen molar-refractivity contribution in [1.82, 2.24) is 0 Å². The molecule has 4 heteroatoms. The van der Waals surface area contributed by atoms with E-state index in [2.05, 4.69) is 0 Å². The van der Waals surface area contributed by atoms with Crippen molar-refractivity contribution < 1.29 is 22.4 Å². The zero-order valence-corrected chi connectivity index (χ0v) is 13.4. The smallest absolute Gasteiger partial charge is 1.00 e. The van der Waals surface area contributed by atoms with Crippen molar-refractivity contribution in [2.75, 3.05) is 0 Å². The summed E-state index contributed by atoms with van der Waals surface area (Å²) in [5, 5.41) is 0. The van der Waals surface area contributed by atoms with Gasteiger partial charge in [-0.3, -0.25) is 0 Å². The van der Waals surface area contributed by atoms with Gasteiger partial charge in [-0.2, -0.15) is 0 Å². The first-order chi connectivity index (χ1) is 0. The summed E-state index contributed by atoms with van der Waals surface area (Å²) >= 11 is 0. The Morgan fingerprint density at radius 2 is 1.00 bits per heavy atom. The molecule has 0 aromatic rings. The van der Waals surface area contributed by atoms with E-state index in [4.69, 9.17) is 0 Å². The summed E-state index contributed by atoms with van der Waals surface area (Å²) in [7, 11) is 0. The van der Waals surface area contributed by atoms with Crippen LogP contribution in [0.5, 0.6) is 0 Å². The topological polar surface area (TPSA) is 0 Å². The first-order valence-corrected chi connectivity index (χ1v) is 0. The van der Waals surface area contributed by atoms with Crippen LogP contribution in [0.3, 0.4) is 0 Å². The zero-order valence-electron chi connectivity index (χ0n) is 1.88. The van der Waals surface area contributed by atoms with E-state index in [1.807, 2.05) is 0 Å². The molecule has 0 aliphatic carbocycles. The van der Waals surface area contributed by atoms with Gasteiger partial charge in [0, 0.05) is 0 Å². The molecular formula is AgInPbSn+10. The fourth-order valence-electron chi connectivity index (χ4n) is 0. The molecule has 0 aliphatic rings. The van der Waals surface area contributed by atoms with Gasteiger partial charge in [0.2, 0.25) is 0 Å². The Balaban J connectivity index is 0. The minimum absolute atomic E-state index is 0. The van der Waals surface area contributed by atoms with E-state index in [1.54, 1.807) is 0 Å². The van der Waals surface area contributed by atoms with Crippen molar-refractivity contribution in [2.24, 2.45) is 0 Å². The molecule has 2 radical (unpaired) electrons. The molecule has 12 valence electrons. The molecule has 0 atom stereocenters. The summed E-state index contributed by atoms with van der Waals surface area (Å²) < 4.78 is 0. The van der Waals surface area contributed by atoms with Gasteiger partial charge in [-0.25, -0.2) is 0 Å². The molecule has 0 spiro atoms. The predicted molar refractivity (Wildman–Crippen MR) is 17.3 cm³/mol. The van der Waals surface area contributed by atoms with Crippen LogP contribution in [-0.2, 0) is 22.4 Å². The average molecular weight is 549 g/mol. The van der Waals surface area contributed by atoms with Crippen molar-refractivity contribution in [3.63, 3.8) is 0 Å². The number of hydrogen-bond donors (Lipinski definition) is 0. The fourth-order valence-corrected chi connectivity index (χ4v) is 0. The molecule has 0 aromatic heterocycles. The Hall–Kier alpha value is 3.33. The molecule has 0 saturated carbocycles. The summed E-state index contributed by atoms with van der Waals surface area (Å²) in [6.07, 6.45) is 0. The maximum Gasteiger partial charge on any atom is 4.00 e. The molecule has 0 saturated heterocycles. The summed E-state index contributed by atoms with van der Waals surface area (Å²) in [6, 6.07) is 0. The van der Waals surface area contributed by atoms with Gasteiger partial charge in [-0.05, 0) is 0 Å². The van der Waals surface area contributed by atoms with Crippen LogP contribution in [0.25, 0.3) is 0 Å². The van der Waals surface area contributed by atoms with Crippen LogP contribution < -0.4 is 0 Å². The van der Waals surface area contributed by atoms with E-state index in [1.165, 1.54) is 0 Å². The Morgan fingerprint density at radius 3 is 1.00 bits per heavy atom. The molecule has 0 rings (SSSR count). The number of hydrogen-bond acceptors (Lipinski definition) is 0. The predicted octanol–water partition coefficient (Wildman–Crippen LogP) is -1.14. The van der Waals surface area contributed by atoms with Crippen LogP contribution >= 0.6 is 0 Å². The largest absolute Gasteiger partial charge is 4.00 e. The van der Waals surface area contributed by atoms with Crippen LogP contribution in [0, 0.1) is 0 Å². The van der Waals surface area contributed by atoms with Crippen molar-refractivity contribution in [3.05, 3.63) is 0 Å². The maximum absolute atomic E-state index is 0. The van der Waals surface area contributed by atoms with Crippen LogP contribution in [0.4, 0.5) is 0 Å². The van der Waals surface area contributed by atoms with E-state index in [0.717, 1.165) is 0 Å². The van der Waals surface area contributed by atoms with Gasteiger partial charge in [-0.15, -0.1) is 0 Å². The quantitative estimate of drug-likeness (QED) is 0.336. The molecular weight excluding hydrogens is 549 g/mol. The fraction of sp³-hybridized carbons (Fsp3) is 0. The second-order valence-electron chi connectivity index (χ2n) is 0. The Bertz CT molecular complexity index is 8.00. The first-order valence-electron chi connectivity index (χ1n) is 0. The van der Waals surface area contributed by atoms with Crippen LogP contribution in [0.2, 0.25) is 0 Å². The third kappa shape index (κ3) is 9.01.